The molecule has 16 heavy (non-hydrogen) atoms. The van der Waals surface area contributed by atoms with Crippen LogP contribution in [-0.4, -0.2) is 29.3 Å². The van der Waals surface area contributed by atoms with E-state index in [2.05, 4.69) is 5.32 Å². The Bertz CT molecular complexity index is 251. The van der Waals surface area contributed by atoms with Crippen molar-refractivity contribution in [2.75, 3.05) is 6.54 Å². The van der Waals surface area contributed by atoms with E-state index in [1.807, 2.05) is 20.8 Å². The van der Waals surface area contributed by atoms with E-state index in [0.717, 1.165) is 6.42 Å². The van der Waals surface area contributed by atoms with Gasteiger partial charge in [0.15, 0.2) is 5.05 Å². The van der Waals surface area contributed by atoms with E-state index in [4.69, 9.17) is 28.4 Å². The number of rotatable bonds is 5. The molecule has 0 aliphatic rings. The minimum absolute atomic E-state index is 0.288. The van der Waals surface area contributed by atoms with Crippen molar-refractivity contribution in [2.24, 2.45) is 11.5 Å². The van der Waals surface area contributed by atoms with Crippen molar-refractivity contribution >= 4 is 23.3 Å². The van der Waals surface area contributed by atoms with E-state index in [1.54, 1.807) is 0 Å². The van der Waals surface area contributed by atoms with E-state index >= 15 is 0 Å². The molecule has 0 bridgehead atoms. The zero-order valence-electron chi connectivity index (χ0n) is 10.1. The maximum Gasteiger partial charge on any atom is 0.312 e. The van der Waals surface area contributed by atoms with E-state index in [1.165, 1.54) is 0 Å². The van der Waals surface area contributed by atoms with Gasteiger partial charge in [-0.1, -0.05) is 0 Å². The molecule has 0 rings (SSSR count). The number of amides is 2. The number of urea groups is 1. The van der Waals surface area contributed by atoms with E-state index in [9.17, 15) is 4.79 Å². The summed E-state index contributed by atoms with van der Waals surface area (Å²) in [6, 6.07) is -0.814. The fourth-order valence-corrected chi connectivity index (χ4v) is 1.40. The number of carbonyl (C=O) groups is 1. The Morgan fingerprint density at radius 3 is 2.50 bits per heavy atom. The molecule has 6 heteroatoms. The van der Waals surface area contributed by atoms with Gasteiger partial charge >= 0.3 is 6.03 Å². The lowest BCUT2D eigenvalue weighted by molar-refractivity contribution is 0.115. The van der Waals surface area contributed by atoms with Gasteiger partial charge in [-0.15, -0.1) is 0 Å². The summed E-state index contributed by atoms with van der Waals surface area (Å²) in [7, 11) is 0. The van der Waals surface area contributed by atoms with Crippen molar-refractivity contribution in [1.82, 2.24) is 5.32 Å². The highest BCUT2D eigenvalue weighted by Crippen LogP contribution is 2.10. The predicted octanol–water partition coefficient (Wildman–Crippen LogP) is 0.905. The molecule has 5 nitrogen and oxygen atoms in total. The van der Waals surface area contributed by atoms with Gasteiger partial charge in [-0.3, -0.25) is 0 Å². The molecule has 0 unspecified atom stereocenters. The third-order valence-electron chi connectivity index (χ3n) is 1.70. The van der Waals surface area contributed by atoms with Crippen LogP contribution in [0, 0.1) is 0 Å². The van der Waals surface area contributed by atoms with Crippen LogP contribution in [0.5, 0.6) is 0 Å². The van der Waals surface area contributed by atoms with Crippen LogP contribution in [0.15, 0.2) is 0 Å². The van der Waals surface area contributed by atoms with E-state index in [-0.39, 0.29) is 11.6 Å². The Balaban J connectivity index is 3.76. The normalized spacial score (nSPS) is 13.0. The summed E-state index contributed by atoms with van der Waals surface area (Å²) in [5.74, 6) is 0. The van der Waals surface area contributed by atoms with Crippen LogP contribution >= 0.6 is 12.2 Å². The average molecular weight is 247 g/mol. The highest BCUT2D eigenvalue weighted by Gasteiger charge is 2.18. The van der Waals surface area contributed by atoms with Crippen LogP contribution in [0.25, 0.3) is 0 Å². The Hall–Kier alpha value is -0.880. The Kier molecular flexibility index (Phi) is 6.28. The van der Waals surface area contributed by atoms with Gasteiger partial charge < -0.3 is 21.5 Å². The van der Waals surface area contributed by atoms with Gasteiger partial charge in [0, 0.05) is 6.54 Å². The minimum Gasteiger partial charge on any atom is -0.480 e. The van der Waals surface area contributed by atoms with Crippen LogP contribution < -0.4 is 16.8 Å². The molecule has 2 amide bonds. The van der Waals surface area contributed by atoms with Gasteiger partial charge in [-0.25, -0.2) is 4.79 Å². The molecule has 0 saturated carbocycles. The van der Waals surface area contributed by atoms with Crippen LogP contribution in [0.4, 0.5) is 4.79 Å². The molecular formula is C10H21N3O2S. The largest absolute Gasteiger partial charge is 0.480 e. The summed E-state index contributed by atoms with van der Waals surface area (Å²) in [5, 5.41) is 2.90. The summed E-state index contributed by atoms with van der Waals surface area (Å²) in [4.78, 5) is 10.4. The predicted molar refractivity (Wildman–Crippen MR) is 68.2 cm³/mol. The second kappa shape index (κ2) is 6.65. The zero-order chi connectivity index (χ0) is 12.8. The number of hydrogen-bond donors (Lipinski definition) is 3. The number of primary amides is 1. The quantitative estimate of drug-likeness (QED) is 0.497. The van der Waals surface area contributed by atoms with E-state index < -0.39 is 6.03 Å². The van der Waals surface area contributed by atoms with Crippen LogP contribution in [0.1, 0.15) is 33.6 Å². The van der Waals surface area contributed by atoms with E-state index in [0.29, 0.717) is 18.0 Å². The van der Waals surface area contributed by atoms with Crippen molar-refractivity contribution in [3.8, 4) is 0 Å². The fourth-order valence-electron chi connectivity index (χ4n) is 1.03. The van der Waals surface area contributed by atoms with Crippen LogP contribution in [0.3, 0.4) is 0 Å². The number of nitrogens with two attached hydrogens (primary N) is 2. The summed E-state index contributed by atoms with van der Waals surface area (Å²) in [6.45, 7) is 6.25. The lowest BCUT2D eigenvalue weighted by Gasteiger charge is -2.24. The summed E-state index contributed by atoms with van der Waals surface area (Å²) < 4.78 is 5.47. The van der Waals surface area contributed by atoms with Crippen molar-refractivity contribution in [3.05, 3.63) is 0 Å². The molecule has 0 aromatic heterocycles. The first-order valence-corrected chi connectivity index (χ1v) is 5.65. The molecular weight excluding hydrogens is 226 g/mol. The SMILES string of the molecule is CC(C)(C)OC(=S)[C@@H](N)CCCNC(N)=O. The molecule has 0 aromatic carbocycles. The highest BCUT2D eigenvalue weighted by atomic mass is 32.1. The van der Waals surface area contributed by atoms with Gasteiger partial charge in [0.1, 0.15) is 5.60 Å². The van der Waals surface area contributed by atoms with Crippen molar-refractivity contribution < 1.29 is 9.53 Å². The number of ether oxygens (including phenoxy) is 1. The summed E-state index contributed by atoms with van der Waals surface area (Å²) >= 11 is 5.07. The molecule has 0 spiro atoms. The molecule has 0 aliphatic carbocycles. The van der Waals surface area contributed by atoms with Crippen molar-refractivity contribution in [1.29, 1.82) is 0 Å². The van der Waals surface area contributed by atoms with Gasteiger partial charge in [-0.05, 0) is 45.8 Å². The summed E-state index contributed by atoms with van der Waals surface area (Å²) in [5.41, 5.74) is 10.4. The highest BCUT2D eigenvalue weighted by molar-refractivity contribution is 7.80. The minimum atomic E-state index is -0.526. The smallest absolute Gasteiger partial charge is 0.312 e. The molecule has 0 heterocycles. The van der Waals surface area contributed by atoms with Gasteiger partial charge in [0.2, 0.25) is 0 Å². The Labute approximate surface area is 102 Å². The lowest BCUT2D eigenvalue weighted by Crippen LogP contribution is -2.37. The van der Waals surface area contributed by atoms with Crippen LogP contribution in [0.2, 0.25) is 0 Å². The molecule has 0 radical (unpaired) electrons. The fraction of sp³-hybridized carbons (Fsp3) is 0.800. The average Bonchev–Trinajstić information content (AvgIpc) is 2.08. The monoisotopic (exact) mass is 247 g/mol. The Morgan fingerprint density at radius 2 is 2.06 bits per heavy atom. The second-order valence-corrected chi connectivity index (χ2v) is 4.98. The first-order valence-electron chi connectivity index (χ1n) is 5.24. The second-order valence-electron chi connectivity index (χ2n) is 4.57. The zero-order valence-corrected chi connectivity index (χ0v) is 10.9. The number of carbonyl (C=O) groups excluding carboxylic acids is 1. The van der Waals surface area contributed by atoms with Gasteiger partial charge in [0.05, 0.1) is 6.04 Å². The number of hydrogen-bond acceptors (Lipinski definition) is 4. The molecule has 1 atom stereocenters. The van der Waals surface area contributed by atoms with Crippen molar-refractivity contribution in [2.45, 2.75) is 45.3 Å². The maximum absolute atomic E-state index is 10.4. The topological polar surface area (TPSA) is 90.4 Å². The third-order valence-corrected chi connectivity index (χ3v) is 2.09. The Morgan fingerprint density at radius 1 is 1.50 bits per heavy atom. The van der Waals surface area contributed by atoms with Crippen LogP contribution in [-0.2, 0) is 4.74 Å². The molecule has 0 aliphatic heterocycles. The first kappa shape index (κ1) is 15.1. The lowest BCUT2D eigenvalue weighted by atomic mass is 10.1. The first-order chi connectivity index (χ1) is 7.22. The molecule has 0 aromatic rings. The third kappa shape index (κ3) is 8.43. The van der Waals surface area contributed by atoms with Gasteiger partial charge in [-0.2, -0.15) is 0 Å². The molecule has 5 N–H and O–H groups in total. The van der Waals surface area contributed by atoms with Crippen molar-refractivity contribution in [3.63, 3.8) is 0 Å². The molecule has 0 fully saturated rings. The number of nitrogens with one attached hydrogen (secondary N) is 1. The molecule has 94 valence electrons. The van der Waals surface area contributed by atoms with Gasteiger partial charge in [0.25, 0.3) is 0 Å². The number of thiocarbonyl (C=S) groups is 1. The molecule has 0 saturated heterocycles. The standard InChI is InChI=1S/C10H21N3O2S/c1-10(2,3)15-8(16)7(11)5-4-6-13-9(12)14/h7H,4-6,11H2,1-3H3,(H3,12,13,14)/t7-/m0/s1. The summed E-state index contributed by atoms with van der Waals surface area (Å²) in [6.07, 6.45) is 1.38. The maximum atomic E-state index is 10.4.